The number of piperazine rings is 1. The molecular weight excluding hydrogens is 366 g/mol. The summed E-state index contributed by atoms with van der Waals surface area (Å²) in [5.41, 5.74) is 0.712. The molecule has 0 spiro atoms. The first-order valence-electron chi connectivity index (χ1n) is 8.92. The summed E-state index contributed by atoms with van der Waals surface area (Å²) in [5, 5.41) is 0. The number of sulfone groups is 1. The van der Waals surface area contributed by atoms with E-state index in [0.717, 1.165) is 5.56 Å². The van der Waals surface area contributed by atoms with Gasteiger partial charge in [-0.2, -0.15) is 0 Å². The van der Waals surface area contributed by atoms with Gasteiger partial charge in [-0.1, -0.05) is 30.3 Å². The summed E-state index contributed by atoms with van der Waals surface area (Å²) < 4.78 is 24.7. The van der Waals surface area contributed by atoms with Crippen molar-refractivity contribution in [2.45, 2.75) is 18.6 Å². The number of H-pyrrole nitrogens is 1. The summed E-state index contributed by atoms with van der Waals surface area (Å²) in [6, 6.07) is 12.3. The lowest BCUT2D eigenvalue weighted by molar-refractivity contribution is 0.0305. The average molecular weight is 387 g/mol. The summed E-state index contributed by atoms with van der Waals surface area (Å²) in [6.45, 7) is 1.62. The summed E-state index contributed by atoms with van der Waals surface area (Å²) in [7, 11) is -3.23. The normalized spacial score (nSPS) is 24.5. The minimum absolute atomic E-state index is 0.0411. The van der Waals surface area contributed by atoms with Gasteiger partial charge >= 0.3 is 0 Å². The predicted molar refractivity (Wildman–Crippen MR) is 101 cm³/mol. The molecule has 1 aromatic heterocycles. The van der Waals surface area contributed by atoms with E-state index >= 15 is 0 Å². The Morgan fingerprint density at radius 3 is 2.52 bits per heavy atom. The Bertz CT molecular complexity index is 1000. The number of aromatic nitrogens is 1. The second kappa shape index (κ2) is 6.94. The Hall–Kier alpha value is -2.45. The maximum atomic E-state index is 12.9. The van der Waals surface area contributed by atoms with E-state index in [1.165, 1.54) is 12.3 Å². The minimum atomic E-state index is -3.23. The number of nitrogens with zero attached hydrogens (tertiary/aromatic N) is 2. The monoisotopic (exact) mass is 387 g/mol. The number of amides is 1. The van der Waals surface area contributed by atoms with Crippen LogP contribution >= 0.6 is 0 Å². The molecule has 0 aliphatic carbocycles. The van der Waals surface area contributed by atoms with Crippen molar-refractivity contribution in [1.82, 2.24) is 14.8 Å². The van der Waals surface area contributed by atoms with Crippen LogP contribution in [0.15, 0.2) is 53.5 Å². The predicted octanol–water partition coefficient (Wildman–Crippen LogP) is 0.499. The van der Waals surface area contributed by atoms with Gasteiger partial charge in [-0.05, 0) is 17.7 Å². The summed E-state index contributed by atoms with van der Waals surface area (Å²) >= 11 is 0. The number of hydrogen-bond donors (Lipinski definition) is 1. The molecular formula is C19H21N3O4S. The lowest BCUT2D eigenvalue weighted by atomic mass is 10.0. The van der Waals surface area contributed by atoms with E-state index in [0.29, 0.717) is 19.6 Å². The van der Waals surface area contributed by atoms with Crippen molar-refractivity contribution in [3.63, 3.8) is 0 Å². The number of carbonyl (C=O) groups excluding carboxylic acids is 1. The molecule has 2 saturated heterocycles. The molecule has 142 valence electrons. The van der Waals surface area contributed by atoms with Crippen LogP contribution in [0.4, 0.5) is 0 Å². The summed E-state index contributed by atoms with van der Waals surface area (Å²) in [4.78, 5) is 31.1. The molecule has 1 aromatic carbocycles. The van der Waals surface area contributed by atoms with Crippen molar-refractivity contribution >= 4 is 15.7 Å². The summed E-state index contributed by atoms with van der Waals surface area (Å²) in [6.07, 6.45) is 1.47. The Morgan fingerprint density at radius 1 is 1.04 bits per heavy atom. The fourth-order valence-corrected chi connectivity index (χ4v) is 6.05. The van der Waals surface area contributed by atoms with E-state index < -0.39 is 27.3 Å². The number of aromatic amines is 1. The van der Waals surface area contributed by atoms with E-state index in [4.69, 9.17) is 0 Å². The molecule has 2 aromatic rings. The van der Waals surface area contributed by atoms with E-state index in [1.54, 1.807) is 11.0 Å². The quantitative estimate of drug-likeness (QED) is 0.828. The van der Waals surface area contributed by atoms with Gasteiger partial charge in [0.05, 0.1) is 17.5 Å². The van der Waals surface area contributed by atoms with Crippen LogP contribution in [0.1, 0.15) is 15.9 Å². The van der Waals surface area contributed by atoms with Gasteiger partial charge in [0.1, 0.15) is 5.56 Å². The zero-order chi connectivity index (χ0) is 19.0. The van der Waals surface area contributed by atoms with Crippen molar-refractivity contribution in [2.75, 3.05) is 24.6 Å². The molecule has 27 heavy (non-hydrogen) atoms. The third kappa shape index (κ3) is 3.54. The molecule has 2 fully saturated rings. The molecule has 0 saturated carbocycles. The summed E-state index contributed by atoms with van der Waals surface area (Å²) in [5.74, 6) is -0.415. The van der Waals surface area contributed by atoms with E-state index in [2.05, 4.69) is 9.88 Å². The van der Waals surface area contributed by atoms with Crippen LogP contribution in [0.5, 0.6) is 0 Å². The van der Waals surface area contributed by atoms with Gasteiger partial charge in [-0.3, -0.25) is 14.5 Å². The molecule has 1 amide bonds. The third-order valence-corrected chi connectivity index (χ3v) is 7.03. The highest BCUT2D eigenvalue weighted by atomic mass is 32.2. The van der Waals surface area contributed by atoms with Crippen LogP contribution in [-0.2, 0) is 16.4 Å². The fraction of sp³-hybridized carbons (Fsp3) is 0.368. The van der Waals surface area contributed by atoms with Crippen molar-refractivity contribution < 1.29 is 13.2 Å². The molecule has 8 heteroatoms. The van der Waals surface area contributed by atoms with Crippen LogP contribution in [0.3, 0.4) is 0 Å². The maximum Gasteiger partial charge on any atom is 0.260 e. The zero-order valence-corrected chi connectivity index (χ0v) is 15.6. The number of carbonyl (C=O) groups is 1. The second-order valence-corrected chi connectivity index (χ2v) is 9.23. The third-order valence-electron chi connectivity index (χ3n) is 5.33. The van der Waals surface area contributed by atoms with Gasteiger partial charge in [-0.25, -0.2) is 8.42 Å². The second-order valence-electron chi connectivity index (χ2n) is 7.08. The average Bonchev–Trinajstić information content (AvgIpc) is 2.98. The number of nitrogens with one attached hydrogen (secondary N) is 1. The fourth-order valence-electron chi connectivity index (χ4n) is 4.04. The van der Waals surface area contributed by atoms with Crippen molar-refractivity contribution in [1.29, 1.82) is 0 Å². The van der Waals surface area contributed by atoms with Crippen LogP contribution in [0.25, 0.3) is 0 Å². The molecule has 7 nitrogen and oxygen atoms in total. The van der Waals surface area contributed by atoms with Crippen molar-refractivity contribution in [3.8, 4) is 0 Å². The molecule has 2 atom stereocenters. The highest BCUT2D eigenvalue weighted by Crippen LogP contribution is 2.29. The lowest BCUT2D eigenvalue weighted by Gasteiger charge is -2.43. The first kappa shape index (κ1) is 17.9. The number of benzene rings is 1. The van der Waals surface area contributed by atoms with E-state index in [1.807, 2.05) is 30.3 Å². The largest absolute Gasteiger partial charge is 0.332 e. The molecule has 1 N–H and O–H groups in total. The van der Waals surface area contributed by atoms with Gasteiger partial charge < -0.3 is 9.88 Å². The first-order chi connectivity index (χ1) is 12.9. The standard InChI is InChI=1S/C19H21N3O4S/c23-18-15(7-4-8-20-18)19(24)22-10-9-21(11-14-5-2-1-3-6-14)16-12-27(25,26)13-17(16)22/h1-8,16-17H,9-13H2,(H,20,23)/t16-,17+/m1/s1. The SMILES string of the molecule is O=C(c1ccc[nH]c1=O)N1CCN(Cc2ccccc2)[C@@H]2CS(=O)(=O)C[C@@H]21. The molecule has 2 aliphatic rings. The Labute approximate surface area is 157 Å². The molecule has 2 aliphatic heterocycles. The van der Waals surface area contributed by atoms with Gasteiger partial charge in [-0.15, -0.1) is 0 Å². The number of hydrogen-bond acceptors (Lipinski definition) is 5. The van der Waals surface area contributed by atoms with Gasteiger partial charge in [0.2, 0.25) is 0 Å². The smallest absolute Gasteiger partial charge is 0.260 e. The van der Waals surface area contributed by atoms with Crippen LogP contribution in [0.2, 0.25) is 0 Å². The Balaban J connectivity index is 1.61. The Morgan fingerprint density at radius 2 is 1.78 bits per heavy atom. The highest BCUT2D eigenvalue weighted by molar-refractivity contribution is 7.91. The molecule has 4 rings (SSSR count). The topological polar surface area (TPSA) is 90.6 Å². The lowest BCUT2D eigenvalue weighted by Crippen LogP contribution is -2.60. The number of fused-ring (bicyclic) bond motifs is 1. The van der Waals surface area contributed by atoms with Gasteiger partial charge in [0, 0.05) is 31.9 Å². The molecule has 3 heterocycles. The number of rotatable bonds is 3. The zero-order valence-electron chi connectivity index (χ0n) is 14.7. The van der Waals surface area contributed by atoms with Crippen molar-refractivity contribution in [2.24, 2.45) is 0 Å². The van der Waals surface area contributed by atoms with Crippen LogP contribution in [-0.4, -0.2) is 65.8 Å². The van der Waals surface area contributed by atoms with Gasteiger partial charge in [0.25, 0.3) is 11.5 Å². The van der Waals surface area contributed by atoms with Gasteiger partial charge in [0.15, 0.2) is 9.84 Å². The maximum absolute atomic E-state index is 12.9. The van der Waals surface area contributed by atoms with Crippen LogP contribution in [0, 0.1) is 0 Å². The molecule has 0 bridgehead atoms. The Kier molecular flexibility index (Phi) is 4.61. The minimum Gasteiger partial charge on any atom is -0.332 e. The van der Waals surface area contributed by atoms with Crippen LogP contribution < -0.4 is 5.56 Å². The van der Waals surface area contributed by atoms with Crippen molar-refractivity contribution in [3.05, 3.63) is 70.1 Å². The number of pyridine rings is 1. The van der Waals surface area contributed by atoms with E-state index in [9.17, 15) is 18.0 Å². The molecule has 0 unspecified atom stereocenters. The first-order valence-corrected chi connectivity index (χ1v) is 10.7. The molecule has 0 radical (unpaired) electrons. The highest BCUT2D eigenvalue weighted by Gasteiger charge is 2.48. The van der Waals surface area contributed by atoms with E-state index in [-0.39, 0.29) is 23.1 Å².